The van der Waals surface area contributed by atoms with E-state index in [1.165, 1.54) is 5.56 Å². The third-order valence-corrected chi connectivity index (χ3v) is 8.87. The molecule has 2 aromatic carbocycles. The molecule has 1 unspecified atom stereocenters. The number of hydrogen-bond acceptors (Lipinski definition) is 6. The van der Waals surface area contributed by atoms with Gasteiger partial charge in [-0.05, 0) is 62.3 Å². The predicted octanol–water partition coefficient (Wildman–Crippen LogP) is 4.09. The molecule has 3 heterocycles. The van der Waals surface area contributed by atoms with Crippen molar-refractivity contribution in [2.45, 2.75) is 76.2 Å². The molecule has 0 spiro atoms. The number of aryl methyl sites for hydroxylation is 3. The largest absolute Gasteiger partial charge is 0.350 e. The summed E-state index contributed by atoms with van der Waals surface area (Å²) in [7, 11) is 0. The second kappa shape index (κ2) is 14.7. The SMILES string of the molecule is Cc1nc(CC[C@H](C(=O)NCc2ccc(Cl)c(Cl)c2)N2CCC(CCc3ccccc3)N3C[C@H](N)C[C@H]3C2=O)n[nH]1.Cl. The Morgan fingerprint density at radius 1 is 1.14 bits per heavy atom. The first kappa shape index (κ1) is 32.2. The number of nitrogens with two attached hydrogens (primary N) is 1. The molecule has 2 fully saturated rings. The predicted molar refractivity (Wildman–Crippen MR) is 167 cm³/mol. The van der Waals surface area contributed by atoms with Gasteiger partial charge >= 0.3 is 0 Å². The molecule has 42 heavy (non-hydrogen) atoms. The lowest BCUT2D eigenvalue weighted by molar-refractivity contribution is -0.143. The van der Waals surface area contributed by atoms with E-state index in [4.69, 9.17) is 28.9 Å². The minimum Gasteiger partial charge on any atom is -0.350 e. The van der Waals surface area contributed by atoms with E-state index < -0.39 is 6.04 Å². The molecule has 1 aromatic heterocycles. The van der Waals surface area contributed by atoms with Crippen LogP contribution in [0.4, 0.5) is 0 Å². The molecule has 0 bridgehead atoms. The zero-order chi connectivity index (χ0) is 28.9. The van der Waals surface area contributed by atoms with Crippen molar-refractivity contribution in [1.29, 1.82) is 0 Å². The van der Waals surface area contributed by atoms with E-state index in [1.807, 2.05) is 19.1 Å². The lowest BCUT2D eigenvalue weighted by Gasteiger charge is -2.32. The summed E-state index contributed by atoms with van der Waals surface area (Å²) < 4.78 is 0. The first-order valence-corrected chi connectivity index (χ1v) is 15.0. The van der Waals surface area contributed by atoms with Crippen molar-refractivity contribution in [2.24, 2.45) is 5.73 Å². The van der Waals surface area contributed by atoms with Crippen molar-refractivity contribution in [3.63, 3.8) is 0 Å². The molecule has 2 amide bonds. The highest BCUT2D eigenvalue weighted by Gasteiger charge is 2.45. The van der Waals surface area contributed by atoms with Gasteiger partial charge in [-0.1, -0.05) is 59.6 Å². The summed E-state index contributed by atoms with van der Waals surface area (Å²) >= 11 is 12.2. The van der Waals surface area contributed by atoms with Gasteiger partial charge in [0.05, 0.1) is 16.1 Å². The Hall–Kier alpha value is -2.69. The van der Waals surface area contributed by atoms with Gasteiger partial charge in [0, 0.05) is 38.1 Å². The maximum atomic E-state index is 14.1. The number of halogens is 3. The number of aromatic amines is 1. The highest BCUT2D eigenvalue weighted by molar-refractivity contribution is 6.42. The van der Waals surface area contributed by atoms with Gasteiger partial charge in [-0.3, -0.25) is 19.6 Å². The van der Waals surface area contributed by atoms with Crippen molar-refractivity contribution in [3.05, 3.63) is 81.4 Å². The molecule has 0 radical (unpaired) electrons. The van der Waals surface area contributed by atoms with E-state index in [0.29, 0.717) is 54.0 Å². The van der Waals surface area contributed by atoms with Gasteiger partial charge in [0.15, 0.2) is 5.82 Å². The van der Waals surface area contributed by atoms with Crippen LogP contribution in [0.1, 0.15) is 48.5 Å². The van der Waals surface area contributed by atoms with Crippen molar-refractivity contribution >= 4 is 47.4 Å². The number of hydrogen-bond donors (Lipinski definition) is 3. The van der Waals surface area contributed by atoms with Crippen LogP contribution in [0.3, 0.4) is 0 Å². The zero-order valence-electron chi connectivity index (χ0n) is 23.6. The monoisotopic (exact) mass is 633 g/mol. The summed E-state index contributed by atoms with van der Waals surface area (Å²) in [6, 6.07) is 14.8. The lowest BCUT2D eigenvalue weighted by Crippen LogP contribution is -2.53. The Bertz CT molecular complexity index is 1360. The first-order valence-electron chi connectivity index (χ1n) is 14.2. The molecule has 0 saturated carbocycles. The highest BCUT2D eigenvalue weighted by Crippen LogP contribution is 2.30. The second-order valence-electron chi connectivity index (χ2n) is 11.1. The van der Waals surface area contributed by atoms with Crippen molar-refractivity contribution in [3.8, 4) is 0 Å². The Morgan fingerprint density at radius 2 is 1.93 bits per heavy atom. The third-order valence-electron chi connectivity index (χ3n) is 8.14. The van der Waals surface area contributed by atoms with E-state index >= 15 is 0 Å². The molecule has 0 aliphatic carbocycles. The fourth-order valence-electron chi connectivity index (χ4n) is 6.05. The summed E-state index contributed by atoms with van der Waals surface area (Å²) in [6.07, 6.45) is 4.09. The molecule has 4 N–H and O–H groups in total. The topological polar surface area (TPSA) is 120 Å². The Kier molecular flexibility index (Phi) is 11.3. The standard InChI is InChI=1S/C30H37Cl2N7O2.ClH/c1-19-35-28(37-36-19)12-11-26(29(40)34-17-21-8-10-24(31)25(32)15-21)38-14-13-23(9-7-20-5-3-2-4-6-20)39-18-22(33)16-27(39)30(38)41;/h2-6,8,10,15,22-23,26-27H,7,9,11-14,16-18,33H2,1H3,(H,34,40)(H,35,36,37);1H/t22-,23?,26-,27+;/m1./s1. The number of carbonyl (C=O) groups excluding carboxylic acids is 2. The Morgan fingerprint density at radius 3 is 2.64 bits per heavy atom. The zero-order valence-corrected chi connectivity index (χ0v) is 26.0. The number of nitrogens with zero attached hydrogens (tertiary/aromatic N) is 4. The van der Waals surface area contributed by atoms with Gasteiger partial charge in [-0.2, -0.15) is 5.10 Å². The molecule has 4 atom stereocenters. The Labute approximate surface area is 262 Å². The van der Waals surface area contributed by atoms with E-state index in [0.717, 1.165) is 24.8 Å². The normalized spacial score (nSPS) is 21.4. The summed E-state index contributed by atoms with van der Waals surface area (Å²) in [5, 5.41) is 11.0. The number of rotatable bonds is 10. The average molecular weight is 635 g/mol. The second-order valence-corrected chi connectivity index (χ2v) is 11.9. The van der Waals surface area contributed by atoms with Gasteiger partial charge in [0.25, 0.3) is 0 Å². The minimum atomic E-state index is -0.671. The fraction of sp³-hybridized carbons (Fsp3) is 0.467. The van der Waals surface area contributed by atoms with Crippen LogP contribution in [-0.2, 0) is 29.0 Å². The third kappa shape index (κ3) is 7.82. The number of aromatic nitrogens is 3. The maximum Gasteiger partial charge on any atom is 0.243 e. The molecular formula is C30H38Cl3N7O2. The molecule has 2 saturated heterocycles. The van der Waals surface area contributed by atoms with Crippen molar-refractivity contribution < 1.29 is 9.59 Å². The van der Waals surface area contributed by atoms with Gasteiger partial charge < -0.3 is 16.0 Å². The molecule has 3 aromatic rings. The Balaban J connectivity index is 0.00000405. The molecule has 226 valence electrons. The number of benzene rings is 2. The van der Waals surface area contributed by atoms with Crippen LogP contribution < -0.4 is 11.1 Å². The quantitative estimate of drug-likeness (QED) is 0.309. The van der Waals surface area contributed by atoms with Crippen LogP contribution in [0.2, 0.25) is 10.0 Å². The average Bonchev–Trinajstić information content (AvgIpc) is 3.54. The van der Waals surface area contributed by atoms with Gasteiger partial charge in [-0.15, -0.1) is 12.4 Å². The smallest absolute Gasteiger partial charge is 0.243 e. The maximum absolute atomic E-state index is 14.1. The van der Waals surface area contributed by atoms with Gasteiger partial charge in [-0.25, -0.2) is 4.98 Å². The number of H-pyrrole nitrogens is 1. The minimum absolute atomic E-state index is 0. The summed E-state index contributed by atoms with van der Waals surface area (Å²) in [4.78, 5) is 36.3. The highest BCUT2D eigenvalue weighted by atomic mass is 35.5. The van der Waals surface area contributed by atoms with Gasteiger partial charge in [0.2, 0.25) is 11.8 Å². The number of nitrogens with one attached hydrogen (secondary N) is 2. The summed E-state index contributed by atoms with van der Waals surface area (Å²) in [6.45, 7) is 3.30. The fourth-order valence-corrected chi connectivity index (χ4v) is 6.37. The molecular weight excluding hydrogens is 597 g/mol. The van der Waals surface area contributed by atoms with Crippen LogP contribution in [0.25, 0.3) is 0 Å². The molecule has 2 aliphatic heterocycles. The van der Waals surface area contributed by atoms with E-state index in [1.54, 1.807) is 17.0 Å². The molecule has 12 heteroatoms. The number of fused-ring (bicyclic) bond motifs is 1. The van der Waals surface area contributed by atoms with Gasteiger partial charge in [0.1, 0.15) is 11.9 Å². The van der Waals surface area contributed by atoms with E-state index in [-0.39, 0.29) is 48.9 Å². The van der Waals surface area contributed by atoms with E-state index in [9.17, 15) is 9.59 Å². The van der Waals surface area contributed by atoms with Crippen LogP contribution in [0.5, 0.6) is 0 Å². The lowest BCUT2D eigenvalue weighted by atomic mass is 10.0. The van der Waals surface area contributed by atoms with Crippen molar-refractivity contribution in [2.75, 3.05) is 13.1 Å². The number of amides is 2. The van der Waals surface area contributed by atoms with Crippen LogP contribution in [0.15, 0.2) is 48.5 Å². The van der Waals surface area contributed by atoms with E-state index in [2.05, 4.69) is 49.7 Å². The first-order chi connectivity index (χ1) is 19.8. The summed E-state index contributed by atoms with van der Waals surface area (Å²) in [5.74, 6) is 1.09. The van der Waals surface area contributed by atoms with Crippen LogP contribution >= 0.6 is 35.6 Å². The molecule has 5 rings (SSSR count). The number of carbonyl (C=O) groups is 2. The van der Waals surface area contributed by atoms with Crippen LogP contribution in [0, 0.1) is 6.92 Å². The summed E-state index contributed by atoms with van der Waals surface area (Å²) in [5.41, 5.74) is 8.50. The van der Waals surface area contributed by atoms with Crippen molar-refractivity contribution in [1.82, 2.24) is 30.3 Å². The van der Waals surface area contributed by atoms with Crippen LogP contribution in [-0.4, -0.2) is 74.1 Å². The molecule has 9 nitrogen and oxygen atoms in total. The molecule has 2 aliphatic rings.